The molecule has 0 atom stereocenters. The molecule has 19 heavy (non-hydrogen) atoms. The molecule has 0 bridgehead atoms. The largest absolute Gasteiger partial charge is 0.497 e. The molecule has 0 N–H and O–H groups in total. The zero-order chi connectivity index (χ0) is 13.6. The van der Waals surface area contributed by atoms with Crippen molar-refractivity contribution in [1.29, 1.82) is 0 Å². The van der Waals surface area contributed by atoms with Crippen molar-refractivity contribution in [3.05, 3.63) is 52.8 Å². The lowest BCUT2D eigenvalue weighted by Crippen LogP contribution is -2.09. The predicted molar refractivity (Wildman–Crippen MR) is 75.4 cm³/mol. The lowest BCUT2D eigenvalue weighted by atomic mass is 10.0. The third kappa shape index (κ3) is 1.70. The van der Waals surface area contributed by atoms with Crippen molar-refractivity contribution in [2.75, 3.05) is 7.11 Å². The van der Waals surface area contributed by atoms with E-state index >= 15 is 0 Å². The first-order valence-electron chi connectivity index (χ1n) is 6.21. The van der Waals surface area contributed by atoms with E-state index in [4.69, 9.17) is 4.74 Å². The van der Waals surface area contributed by atoms with E-state index in [1.54, 1.807) is 11.7 Å². The second kappa shape index (κ2) is 4.12. The molecule has 3 rings (SSSR count). The fourth-order valence-electron chi connectivity index (χ4n) is 2.58. The minimum atomic E-state index is 0.0360. The van der Waals surface area contributed by atoms with Crippen LogP contribution in [-0.2, 0) is 0 Å². The Labute approximate surface area is 112 Å². The molecule has 3 heteroatoms. The van der Waals surface area contributed by atoms with Crippen LogP contribution in [0.2, 0.25) is 0 Å². The number of fused-ring (bicyclic) bond motifs is 1. The SMILES string of the molecule is COc1cccc(C2=Cc3c(C)cc(C)n3C2=O)c1. The van der Waals surface area contributed by atoms with Gasteiger partial charge in [-0.3, -0.25) is 9.36 Å². The molecule has 2 heterocycles. The molecule has 0 saturated heterocycles. The van der Waals surface area contributed by atoms with Gasteiger partial charge in [0.25, 0.3) is 5.91 Å². The molecule has 96 valence electrons. The summed E-state index contributed by atoms with van der Waals surface area (Å²) in [4.78, 5) is 12.5. The van der Waals surface area contributed by atoms with Crippen molar-refractivity contribution < 1.29 is 9.53 Å². The fourth-order valence-corrected chi connectivity index (χ4v) is 2.58. The van der Waals surface area contributed by atoms with Crippen LogP contribution in [0.25, 0.3) is 11.6 Å². The number of ether oxygens (including phenoxy) is 1. The number of aromatic nitrogens is 1. The van der Waals surface area contributed by atoms with Gasteiger partial charge in [0, 0.05) is 11.3 Å². The van der Waals surface area contributed by atoms with Crippen molar-refractivity contribution in [2.24, 2.45) is 0 Å². The van der Waals surface area contributed by atoms with Gasteiger partial charge in [0.1, 0.15) is 5.75 Å². The number of aryl methyl sites for hydroxylation is 2. The quantitative estimate of drug-likeness (QED) is 0.822. The summed E-state index contributed by atoms with van der Waals surface area (Å²) in [6.07, 6.45) is 1.96. The van der Waals surface area contributed by atoms with Gasteiger partial charge < -0.3 is 4.74 Å². The molecule has 1 aliphatic heterocycles. The Hall–Kier alpha value is -2.29. The van der Waals surface area contributed by atoms with E-state index in [0.717, 1.165) is 33.8 Å². The molecular weight excluding hydrogens is 238 g/mol. The maximum absolute atomic E-state index is 12.5. The zero-order valence-electron chi connectivity index (χ0n) is 11.2. The van der Waals surface area contributed by atoms with Crippen LogP contribution in [-0.4, -0.2) is 17.6 Å². The number of hydrogen-bond acceptors (Lipinski definition) is 2. The number of hydrogen-bond donors (Lipinski definition) is 0. The van der Waals surface area contributed by atoms with Crippen molar-refractivity contribution in [3.8, 4) is 5.75 Å². The highest BCUT2D eigenvalue weighted by Gasteiger charge is 2.26. The first-order valence-corrected chi connectivity index (χ1v) is 6.21. The van der Waals surface area contributed by atoms with Crippen LogP contribution < -0.4 is 4.74 Å². The predicted octanol–water partition coefficient (Wildman–Crippen LogP) is 3.31. The average Bonchev–Trinajstić information content (AvgIpc) is 2.89. The Morgan fingerprint density at radius 2 is 1.95 bits per heavy atom. The average molecular weight is 253 g/mol. The maximum Gasteiger partial charge on any atom is 0.263 e. The molecule has 0 spiro atoms. The highest BCUT2D eigenvalue weighted by molar-refractivity contribution is 6.29. The van der Waals surface area contributed by atoms with Gasteiger partial charge in [-0.2, -0.15) is 0 Å². The van der Waals surface area contributed by atoms with Gasteiger partial charge in [0.05, 0.1) is 12.8 Å². The molecule has 3 nitrogen and oxygen atoms in total. The molecule has 2 aromatic rings. The number of rotatable bonds is 2. The Bertz CT molecular complexity index is 708. The Morgan fingerprint density at radius 1 is 1.16 bits per heavy atom. The van der Waals surface area contributed by atoms with E-state index < -0.39 is 0 Å². The van der Waals surface area contributed by atoms with Crippen molar-refractivity contribution >= 4 is 17.6 Å². The van der Waals surface area contributed by atoms with Gasteiger partial charge in [0.15, 0.2) is 0 Å². The summed E-state index contributed by atoms with van der Waals surface area (Å²) in [7, 11) is 1.63. The molecule has 1 aliphatic rings. The molecule has 1 aromatic heterocycles. The Morgan fingerprint density at radius 3 is 2.63 bits per heavy atom. The monoisotopic (exact) mass is 253 g/mol. The van der Waals surface area contributed by atoms with Crippen molar-refractivity contribution in [2.45, 2.75) is 13.8 Å². The highest BCUT2D eigenvalue weighted by atomic mass is 16.5. The lowest BCUT2D eigenvalue weighted by molar-refractivity contribution is 0.0982. The summed E-state index contributed by atoms with van der Waals surface area (Å²) in [5.74, 6) is 0.796. The van der Waals surface area contributed by atoms with Crippen LogP contribution in [0.3, 0.4) is 0 Å². The Kier molecular flexibility index (Phi) is 2.56. The summed E-state index contributed by atoms with van der Waals surface area (Å²) < 4.78 is 6.98. The number of nitrogens with zero attached hydrogens (tertiary/aromatic N) is 1. The number of benzene rings is 1. The fraction of sp³-hybridized carbons (Fsp3) is 0.188. The Balaban J connectivity index is 2.11. The van der Waals surface area contributed by atoms with Crippen LogP contribution in [0.15, 0.2) is 30.3 Å². The van der Waals surface area contributed by atoms with E-state index in [1.165, 1.54) is 0 Å². The van der Waals surface area contributed by atoms with Crippen LogP contribution >= 0.6 is 0 Å². The van der Waals surface area contributed by atoms with E-state index in [1.807, 2.05) is 50.3 Å². The van der Waals surface area contributed by atoms with Gasteiger partial charge in [0.2, 0.25) is 0 Å². The molecule has 0 fully saturated rings. The molecule has 1 aromatic carbocycles. The zero-order valence-corrected chi connectivity index (χ0v) is 11.2. The summed E-state index contributed by atoms with van der Waals surface area (Å²) in [5, 5.41) is 0. The molecular formula is C16H15NO2. The third-order valence-corrected chi connectivity index (χ3v) is 3.52. The molecule has 0 saturated carbocycles. The number of methoxy groups -OCH3 is 1. The summed E-state index contributed by atoms with van der Waals surface area (Å²) in [6.45, 7) is 3.98. The number of allylic oxidation sites excluding steroid dienone is 1. The molecule has 0 aliphatic carbocycles. The second-order valence-corrected chi connectivity index (χ2v) is 4.78. The smallest absolute Gasteiger partial charge is 0.263 e. The second-order valence-electron chi connectivity index (χ2n) is 4.78. The van der Waals surface area contributed by atoms with Gasteiger partial charge >= 0.3 is 0 Å². The van der Waals surface area contributed by atoms with Crippen LogP contribution in [0.5, 0.6) is 5.75 Å². The summed E-state index contributed by atoms with van der Waals surface area (Å²) in [6, 6.07) is 9.63. The first-order chi connectivity index (χ1) is 9.11. The van der Waals surface area contributed by atoms with E-state index in [2.05, 4.69) is 0 Å². The topological polar surface area (TPSA) is 31.2 Å². The summed E-state index contributed by atoms with van der Waals surface area (Å²) >= 11 is 0. The molecule has 0 unspecified atom stereocenters. The van der Waals surface area contributed by atoms with Gasteiger partial charge in [-0.05, 0) is 49.2 Å². The lowest BCUT2D eigenvalue weighted by Gasteiger charge is -2.06. The normalized spacial score (nSPS) is 13.4. The van der Waals surface area contributed by atoms with Crippen molar-refractivity contribution in [3.63, 3.8) is 0 Å². The van der Waals surface area contributed by atoms with E-state index in [0.29, 0.717) is 0 Å². The van der Waals surface area contributed by atoms with Crippen molar-refractivity contribution in [1.82, 2.24) is 4.57 Å². The number of carbonyl (C=O) groups is 1. The third-order valence-electron chi connectivity index (χ3n) is 3.52. The van der Waals surface area contributed by atoms with Crippen LogP contribution in [0.1, 0.15) is 27.3 Å². The molecule has 0 radical (unpaired) electrons. The maximum atomic E-state index is 12.5. The van der Waals surface area contributed by atoms with Crippen LogP contribution in [0.4, 0.5) is 0 Å². The highest BCUT2D eigenvalue weighted by Crippen LogP contribution is 2.32. The first kappa shape index (κ1) is 11.8. The van der Waals surface area contributed by atoms with Gasteiger partial charge in [-0.25, -0.2) is 0 Å². The minimum absolute atomic E-state index is 0.0360. The summed E-state index contributed by atoms with van der Waals surface area (Å²) in [5.41, 5.74) is 4.71. The van der Waals surface area contributed by atoms with E-state index in [-0.39, 0.29) is 5.91 Å². The van der Waals surface area contributed by atoms with Gasteiger partial charge in [-0.15, -0.1) is 0 Å². The van der Waals surface area contributed by atoms with Gasteiger partial charge in [-0.1, -0.05) is 12.1 Å². The molecule has 0 amide bonds. The van der Waals surface area contributed by atoms with Crippen LogP contribution in [0, 0.1) is 13.8 Å². The minimum Gasteiger partial charge on any atom is -0.497 e. The standard InChI is InChI=1S/C16H15NO2/c1-10-7-11(2)17-15(10)9-14(16(17)18)12-5-4-6-13(8-12)19-3/h4-9H,1-3H3. The number of carbonyl (C=O) groups excluding carboxylic acids is 1. The van der Waals surface area contributed by atoms with E-state index in [9.17, 15) is 4.79 Å².